The van der Waals surface area contributed by atoms with E-state index < -0.39 is 11.9 Å². The van der Waals surface area contributed by atoms with E-state index in [9.17, 15) is 14.4 Å². The molecular formula is C17H23N3O4. The van der Waals surface area contributed by atoms with Crippen LogP contribution in [0.5, 0.6) is 0 Å². The molecule has 0 aliphatic carbocycles. The lowest BCUT2D eigenvalue weighted by Gasteiger charge is -2.20. The van der Waals surface area contributed by atoms with Crippen molar-refractivity contribution in [2.45, 2.75) is 39.0 Å². The Morgan fingerprint density at radius 2 is 1.83 bits per heavy atom. The minimum atomic E-state index is -1.07. The van der Waals surface area contributed by atoms with Crippen molar-refractivity contribution in [3.8, 4) is 0 Å². The lowest BCUT2D eigenvalue weighted by atomic mass is 10.2. The van der Waals surface area contributed by atoms with Gasteiger partial charge in [-0.3, -0.25) is 9.59 Å². The molecule has 0 radical (unpaired) electrons. The molecular weight excluding hydrogens is 310 g/mol. The third-order valence-electron chi connectivity index (χ3n) is 4.13. The fourth-order valence-corrected chi connectivity index (χ4v) is 2.77. The number of likely N-dealkylation sites (tertiary alicyclic amines) is 1. The fourth-order valence-electron chi connectivity index (χ4n) is 2.77. The molecule has 24 heavy (non-hydrogen) atoms. The monoisotopic (exact) mass is 333 g/mol. The van der Waals surface area contributed by atoms with Gasteiger partial charge in [0.25, 0.3) is 5.91 Å². The predicted molar refractivity (Wildman–Crippen MR) is 87.9 cm³/mol. The number of pyridine rings is 1. The Kier molecular flexibility index (Phi) is 6.28. The first-order chi connectivity index (χ1) is 11.5. The standard InChI is InChI=1S/C17H23N3O4/c1-12-13(17(23)24)6-7-14(19-12)16(22)18-9-8-15(21)20-10-4-2-3-5-11-20/h6-7H,2-5,8-11H2,1H3,(H,18,22)(H,23,24). The van der Waals surface area contributed by atoms with E-state index in [2.05, 4.69) is 10.3 Å². The number of hydrogen-bond donors (Lipinski definition) is 2. The molecule has 0 bridgehead atoms. The van der Waals surface area contributed by atoms with Crippen LogP contribution in [0.2, 0.25) is 0 Å². The van der Waals surface area contributed by atoms with Crippen LogP contribution in [0.3, 0.4) is 0 Å². The molecule has 130 valence electrons. The molecule has 1 aliphatic rings. The Hall–Kier alpha value is -2.44. The number of carboxylic acids is 1. The van der Waals surface area contributed by atoms with Gasteiger partial charge in [-0.25, -0.2) is 9.78 Å². The number of carboxylic acid groups (broad SMARTS) is 1. The van der Waals surface area contributed by atoms with Crippen molar-refractivity contribution in [1.82, 2.24) is 15.2 Å². The van der Waals surface area contributed by atoms with Gasteiger partial charge in [0.15, 0.2) is 0 Å². The molecule has 2 heterocycles. The van der Waals surface area contributed by atoms with E-state index in [1.165, 1.54) is 12.1 Å². The van der Waals surface area contributed by atoms with Crippen LogP contribution in [0, 0.1) is 6.92 Å². The lowest BCUT2D eigenvalue weighted by molar-refractivity contribution is -0.131. The SMILES string of the molecule is Cc1nc(C(=O)NCCC(=O)N2CCCCCC2)ccc1C(=O)O. The van der Waals surface area contributed by atoms with Crippen LogP contribution in [0.25, 0.3) is 0 Å². The number of nitrogens with one attached hydrogen (secondary N) is 1. The average Bonchev–Trinajstić information content (AvgIpc) is 2.83. The summed E-state index contributed by atoms with van der Waals surface area (Å²) in [5, 5.41) is 11.6. The van der Waals surface area contributed by atoms with Crippen LogP contribution in [-0.2, 0) is 4.79 Å². The Labute approximate surface area is 141 Å². The van der Waals surface area contributed by atoms with E-state index in [1.807, 2.05) is 4.90 Å². The van der Waals surface area contributed by atoms with Gasteiger partial charge in [-0.1, -0.05) is 12.8 Å². The van der Waals surface area contributed by atoms with Crippen molar-refractivity contribution in [2.24, 2.45) is 0 Å². The van der Waals surface area contributed by atoms with Crippen LogP contribution in [0.15, 0.2) is 12.1 Å². The Morgan fingerprint density at radius 1 is 1.17 bits per heavy atom. The van der Waals surface area contributed by atoms with Gasteiger partial charge < -0.3 is 15.3 Å². The number of nitrogens with zero attached hydrogens (tertiary/aromatic N) is 2. The summed E-state index contributed by atoms with van der Waals surface area (Å²) in [4.78, 5) is 41.0. The molecule has 2 amide bonds. The minimum absolute atomic E-state index is 0.0579. The van der Waals surface area contributed by atoms with Crippen LogP contribution >= 0.6 is 0 Å². The Bertz CT molecular complexity index is 622. The van der Waals surface area contributed by atoms with Crippen LogP contribution in [0.1, 0.15) is 58.6 Å². The highest BCUT2D eigenvalue weighted by Gasteiger charge is 2.16. The van der Waals surface area contributed by atoms with Gasteiger partial charge >= 0.3 is 5.97 Å². The predicted octanol–water partition coefficient (Wildman–Crippen LogP) is 1.61. The first-order valence-electron chi connectivity index (χ1n) is 8.26. The van der Waals surface area contributed by atoms with Crippen molar-refractivity contribution >= 4 is 17.8 Å². The van der Waals surface area contributed by atoms with Crippen LogP contribution in [-0.4, -0.2) is 52.4 Å². The zero-order valence-electron chi connectivity index (χ0n) is 13.9. The van der Waals surface area contributed by atoms with Crippen molar-refractivity contribution in [2.75, 3.05) is 19.6 Å². The van der Waals surface area contributed by atoms with E-state index in [0.717, 1.165) is 38.8 Å². The number of aryl methyl sites for hydroxylation is 1. The zero-order valence-corrected chi connectivity index (χ0v) is 13.9. The summed E-state index contributed by atoms with van der Waals surface area (Å²) < 4.78 is 0. The third-order valence-corrected chi connectivity index (χ3v) is 4.13. The summed E-state index contributed by atoms with van der Waals surface area (Å²) >= 11 is 0. The van der Waals surface area contributed by atoms with Gasteiger partial charge in [0.2, 0.25) is 5.91 Å². The van der Waals surface area contributed by atoms with Crippen molar-refractivity contribution in [3.63, 3.8) is 0 Å². The first-order valence-corrected chi connectivity index (χ1v) is 8.26. The summed E-state index contributed by atoms with van der Waals surface area (Å²) in [5.41, 5.74) is 0.512. The number of rotatable bonds is 5. The molecule has 0 spiro atoms. The molecule has 7 heteroatoms. The van der Waals surface area contributed by atoms with Gasteiger partial charge in [-0.2, -0.15) is 0 Å². The van der Waals surface area contributed by atoms with Gasteiger partial charge in [-0.15, -0.1) is 0 Å². The lowest BCUT2D eigenvalue weighted by Crippen LogP contribution is -2.35. The second-order valence-corrected chi connectivity index (χ2v) is 5.94. The maximum atomic E-state index is 12.1. The van der Waals surface area contributed by atoms with E-state index in [-0.39, 0.29) is 35.8 Å². The second-order valence-electron chi connectivity index (χ2n) is 5.94. The molecule has 0 unspecified atom stereocenters. The zero-order chi connectivity index (χ0) is 17.5. The normalized spacial score (nSPS) is 14.8. The smallest absolute Gasteiger partial charge is 0.337 e. The summed E-state index contributed by atoms with van der Waals surface area (Å²) in [6, 6.07) is 2.74. The highest BCUT2D eigenvalue weighted by Crippen LogP contribution is 2.10. The summed E-state index contributed by atoms with van der Waals surface area (Å²) in [6.07, 6.45) is 4.67. The molecule has 7 nitrogen and oxygen atoms in total. The maximum absolute atomic E-state index is 12.1. The quantitative estimate of drug-likeness (QED) is 0.853. The molecule has 1 saturated heterocycles. The Balaban J connectivity index is 1.83. The molecule has 2 N–H and O–H groups in total. The fraction of sp³-hybridized carbons (Fsp3) is 0.529. The molecule has 0 saturated carbocycles. The van der Waals surface area contributed by atoms with E-state index in [1.54, 1.807) is 6.92 Å². The molecule has 0 aromatic carbocycles. The van der Waals surface area contributed by atoms with E-state index in [4.69, 9.17) is 5.11 Å². The highest BCUT2D eigenvalue weighted by atomic mass is 16.4. The van der Waals surface area contributed by atoms with Crippen molar-refractivity contribution < 1.29 is 19.5 Å². The molecule has 2 rings (SSSR count). The Morgan fingerprint density at radius 3 is 2.42 bits per heavy atom. The highest BCUT2D eigenvalue weighted by molar-refractivity contribution is 5.94. The maximum Gasteiger partial charge on any atom is 0.337 e. The van der Waals surface area contributed by atoms with E-state index >= 15 is 0 Å². The van der Waals surface area contributed by atoms with Crippen LogP contribution < -0.4 is 5.32 Å². The summed E-state index contributed by atoms with van der Waals surface area (Å²) in [7, 11) is 0. The number of aromatic carboxylic acids is 1. The van der Waals surface area contributed by atoms with Gasteiger partial charge in [0.1, 0.15) is 5.69 Å². The van der Waals surface area contributed by atoms with Crippen molar-refractivity contribution in [1.29, 1.82) is 0 Å². The largest absolute Gasteiger partial charge is 0.478 e. The van der Waals surface area contributed by atoms with Gasteiger partial charge in [0.05, 0.1) is 11.3 Å². The second kappa shape index (κ2) is 8.42. The van der Waals surface area contributed by atoms with E-state index in [0.29, 0.717) is 0 Å². The molecule has 0 atom stereocenters. The number of carbonyl (C=O) groups excluding carboxylic acids is 2. The number of carbonyl (C=O) groups is 3. The molecule has 1 aromatic heterocycles. The minimum Gasteiger partial charge on any atom is -0.478 e. The molecule has 1 aromatic rings. The molecule has 1 aliphatic heterocycles. The summed E-state index contributed by atoms with van der Waals surface area (Å²) in [6.45, 7) is 3.38. The third kappa shape index (κ3) is 4.78. The summed E-state index contributed by atoms with van der Waals surface area (Å²) in [5.74, 6) is -1.42. The van der Waals surface area contributed by atoms with Gasteiger partial charge in [-0.05, 0) is 31.9 Å². The van der Waals surface area contributed by atoms with Gasteiger partial charge in [0, 0.05) is 26.1 Å². The van der Waals surface area contributed by atoms with Crippen molar-refractivity contribution in [3.05, 3.63) is 29.1 Å². The number of hydrogen-bond acceptors (Lipinski definition) is 4. The topological polar surface area (TPSA) is 99.6 Å². The first kappa shape index (κ1) is 17.9. The average molecular weight is 333 g/mol. The molecule has 1 fully saturated rings. The number of aromatic nitrogens is 1. The van der Waals surface area contributed by atoms with Crippen LogP contribution in [0.4, 0.5) is 0 Å². The number of amides is 2.